The molecule has 0 radical (unpaired) electrons. The molecule has 0 aromatic heterocycles. The average molecular weight is 557 g/mol. The molecule has 2 saturated heterocycles. The van der Waals surface area contributed by atoms with E-state index >= 15 is 0 Å². The molecule has 0 amide bonds. The number of benzene rings is 1. The zero-order valence-corrected chi connectivity index (χ0v) is 24.7. The van der Waals surface area contributed by atoms with Crippen LogP contribution in [0.4, 0.5) is 0 Å². The first-order valence-electron chi connectivity index (χ1n) is 14.6. The van der Waals surface area contributed by atoms with Gasteiger partial charge in [-0.3, -0.25) is 4.79 Å². The minimum absolute atomic E-state index is 0.152. The van der Waals surface area contributed by atoms with Crippen LogP contribution in [0.2, 0.25) is 0 Å². The van der Waals surface area contributed by atoms with E-state index in [1.54, 1.807) is 0 Å². The number of ether oxygens (including phenoxy) is 5. The molecule has 8 heteroatoms. The van der Waals surface area contributed by atoms with Crippen molar-refractivity contribution in [3.05, 3.63) is 47.0 Å². The van der Waals surface area contributed by atoms with Crippen molar-refractivity contribution in [3.63, 3.8) is 0 Å². The normalized spacial score (nSPS) is 45.1. The van der Waals surface area contributed by atoms with Gasteiger partial charge in [-0.2, -0.15) is 0 Å². The summed E-state index contributed by atoms with van der Waals surface area (Å²) in [7, 11) is 0. The van der Waals surface area contributed by atoms with Gasteiger partial charge in [0.1, 0.15) is 23.9 Å². The highest BCUT2D eigenvalue weighted by atomic mass is 16.8. The van der Waals surface area contributed by atoms with E-state index in [9.17, 15) is 15.0 Å². The Labute approximate surface area is 237 Å². The van der Waals surface area contributed by atoms with Crippen LogP contribution in [0.25, 0.3) is 0 Å². The summed E-state index contributed by atoms with van der Waals surface area (Å²) in [4.78, 5) is 12.0. The second kappa shape index (κ2) is 9.09. The Hall–Kier alpha value is -1.81. The third kappa shape index (κ3) is 3.90. The van der Waals surface area contributed by atoms with Gasteiger partial charge in [0.05, 0.1) is 18.3 Å². The SMILES string of the molecule is CC(=O)OC[C@]1(O)CCC[C@]2(C)[C@@H]1[C@@H]1OC(c3ccccc3)O[C@]13C[C@H](O)C(C)=C([C@H]1OC(C)(C)O[C@@H]12)C3(C)C. The molecule has 9 atom stereocenters. The highest BCUT2D eigenvalue weighted by molar-refractivity contribution is 5.66. The summed E-state index contributed by atoms with van der Waals surface area (Å²) in [6.45, 7) is 13.5. The number of esters is 1. The van der Waals surface area contributed by atoms with E-state index in [1.165, 1.54) is 6.92 Å². The van der Waals surface area contributed by atoms with Gasteiger partial charge in [0.15, 0.2) is 12.1 Å². The summed E-state index contributed by atoms with van der Waals surface area (Å²) < 4.78 is 33.0. The molecule has 3 aliphatic carbocycles. The molecule has 2 N–H and O–H groups in total. The zero-order chi connectivity index (χ0) is 28.9. The van der Waals surface area contributed by atoms with Gasteiger partial charge < -0.3 is 33.9 Å². The van der Waals surface area contributed by atoms with Crippen LogP contribution in [0.15, 0.2) is 41.5 Å². The lowest BCUT2D eigenvalue weighted by Crippen LogP contribution is -2.72. The van der Waals surface area contributed by atoms with E-state index in [0.717, 1.165) is 29.6 Å². The second-order valence-electron chi connectivity index (χ2n) is 13.9. The first kappa shape index (κ1) is 28.3. The van der Waals surface area contributed by atoms with Crippen molar-refractivity contribution >= 4 is 5.97 Å². The Bertz CT molecular complexity index is 1210. The Morgan fingerprint density at radius 1 is 1.02 bits per heavy atom. The van der Waals surface area contributed by atoms with Gasteiger partial charge in [-0.05, 0) is 51.2 Å². The van der Waals surface area contributed by atoms with Crippen LogP contribution < -0.4 is 0 Å². The van der Waals surface area contributed by atoms with E-state index in [4.69, 9.17) is 23.7 Å². The van der Waals surface area contributed by atoms with Gasteiger partial charge in [0.2, 0.25) is 0 Å². The molecule has 1 aromatic carbocycles. The summed E-state index contributed by atoms with van der Waals surface area (Å²) in [5, 5.41) is 24.2. The minimum atomic E-state index is -1.40. The lowest BCUT2D eigenvalue weighted by molar-refractivity contribution is -0.241. The average Bonchev–Trinajstić information content (AvgIpc) is 3.40. The molecule has 2 aliphatic heterocycles. The van der Waals surface area contributed by atoms with Crippen LogP contribution in [0, 0.1) is 16.7 Å². The predicted octanol–water partition coefficient (Wildman–Crippen LogP) is 4.58. The van der Waals surface area contributed by atoms with Crippen molar-refractivity contribution in [2.45, 2.75) is 122 Å². The summed E-state index contributed by atoms with van der Waals surface area (Å²) in [5.41, 5.74) is -0.948. The first-order valence-corrected chi connectivity index (χ1v) is 14.6. The molecule has 2 heterocycles. The zero-order valence-electron chi connectivity index (χ0n) is 24.7. The van der Waals surface area contributed by atoms with Crippen molar-refractivity contribution in [3.8, 4) is 0 Å². The van der Waals surface area contributed by atoms with Crippen LogP contribution in [-0.2, 0) is 28.5 Å². The van der Waals surface area contributed by atoms with E-state index in [2.05, 4.69) is 20.8 Å². The van der Waals surface area contributed by atoms with Gasteiger partial charge >= 0.3 is 5.97 Å². The Morgan fingerprint density at radius 3 is 2.40 bits per heavy atom. The van der Waals surface area contributed by atoms with Crippen molar-refractivity contribution in [2.75, 3.05) is 6.61 Å². The van der Waals surface area contributed by atoms with Crippen molar-refractivity contribution < 1.29 is 38.7 Å². The fourth-order valence-corrected chi connectivity index (χ4v) is 8.97. The number of carbonyl (C=O) groups is 1. The maximum atomic E-state index is 12.5. The molecule has 1 spiro atoms. The molecule has 1 unspecified atom stereocenters. The van der Waals surface area contributed by atoms with Crippen LogP contribution in [-0.4, -0.2) is 64.2 Å². The third-order valence-corrected chi connectivity index (χ3v) is 10.7. The quantitative estimate of drug-likeness (QED) is 0.412. The van der Waals surface area contributed by atoms with Crippen LogP contribution in [0.1, 0.15) is 86.0 Å². The van der Waals surface area contributed by atoms with Crippen molar-refractivity contribution in [1.82, 2.24) is 0 Å². The lowest BCUT2D eigenvalue weighted by atomic mass is 9.46. The van der Waals surface area contributed by atoms with Gasteiger partial charge in [-0.15, -0.1) is 0 Å². The summed E-state index contributed by atoms with van der Waals surface area (Å²) >= 11 is 0. The number of hydrogen-bond acceptors (Lipinski definition) is 8. The number of hydrogen-bond donors (Lipinski definition) is 2. The monoisotopic (exact) mass is 556 g/mol. The second-order valence-corrected chi connectivity index (χ2v) is 13.9. The molecular weight excluding hydrogens is 512 g/mol. The Morgan fingerprint density at radius 2 is 1.73 bits per heavy atom. The fraction of sp³-hybridized carbons (Fsp3) is 0.719. The largest absolute Gasteiger partial charge is 0.463 e. The van der Waals surface area contributed by atoms with Crippen molar-refractivity contribution in [2.24, 2.45) is 16.7 Å². The number of aliphatic hydroxyl groups excluding tert-OH is 1. The number of aliphatic hydroxyl groups is 2. The molecule has 2 bridgehead atoms. The molecule has 1 aromatic rings. The third-order valence-electron chi connectivity index (χ3n) is 10.7. The lowest BCUT2D eigenvalue weighted by Gasteiger charge is -2.63. The molecule has 2 saturated carbocycles. The van der Waals surface area contributed by atoms with Gasteiger partial charge in [0.25, 0.3) is 0 Å². The van der Waals surface area contributed by atoms with Crippen molar-refractivity contribution in [1.29, 1.82) is 0 Å². The molecule has 5 aliphatic rings. The highest BCUT2D eigenvalue weighted by Gasteiger charge is 2.75. The number of carbonyl (C=O) groups excluding carboxylic acids is 1. The predicted molar refractivity (Wildman–Crippen MR) is 146 cm³/mol. The van der Waals surface area contributed by atoms with Crippen LogP contribution >= 0.6 is 0 Å². The summed E-state index contributed by atoms with van der Waals surface area (Å²) in [6.07, 6.45) is -0.760. The molecule has 220 valence electrons. The maximum Gasteiger partial charge on any atom is 0.302 e. The van der Waals surface area contributed by atoms with Crippen LogP contribution in [0.5, 0.6) is 0 Å². The standard InChI is InChI=1S/C32H44O8/c1-18-21(34)16-32-26(37-27(40-32)20-12-9-8-10-13-20)24-30(7,14-11-15-31(24,35)17-36-19(2)33)25-23(22(18)28(32,3)4)38-29(5,6)39-25/h8-10,12-13,21,23-27,34-35H,11,14-17H2,1-7H3/t21-,23+,24-,25-,26-,27?,30+,31+,32+/m0/s1. The Kier molecular flexibility index (Phi) is 6.44. The molecule has 8 nitrogen and oxygen atoms in total. The van der Waals surface area contributed by atoms with Gasteiger partial charge in [-0.25, -0.2) is 0 Å². The van der Waals surface area contributed by atoms with Gasteiger partial charge in [-0.1, -0.05) is 51.1 Å². The summed E-state index contributed by atoms with van der Waals surface area (Å²) in [6, 6.07) is 9.80. The molecule has 4 fully saturated rings. The minimum Gasteiger partial charge on any atom is -0.463 e. The first-order chi connectivity index (χ1) is 18.7. The van der Waals surface area contributed by atoms with E-state index in [0.29, 0.717) is 12.8 Å². The Balaban J connectivity index is 1.61. The van der Waals surface area contributed by atoms with E-state index in [1.807, 2.05) is 51.1 Å². The smallest absolute Gasteiger partial charge is 0.302 e. The topological polar surface area (TPSA) is 104 Å². The number of rotatable bonds is 3. The summed E-state index contributed by atoms with van der Waals surface area (Å²) in [5.74, 6) is -1.86. The van der Waals surface area contributed by atoms with E-state index in [-0.39, 0.29) is 6.61 Å². The number of fused-ring (bicyclic) bond motifs is 6. The fourth-order valence-electron chi connectivity index (χ4n) is 8.97. The molecule has 6 rings (SSSR count). The molecule has 40 heavy (non-hydrogen) atoms. The van der Waals surface area contributed by atoms with E-state index < -0.39 is 70.4 Å². The maximum absolute atomic E-state index is 12.5. The molecular formula is C32H44O8. The van der Waals surface area contributed by atoms with Gasteiger partial charge in [0, 0.05) is 35.7 Å². The van der Waals surface area contributed by atoms with Crippen LogP contribution in [0.3, 0.4) is 0 Å². The highest BCUT2D eigenvalue weighted by Crippen LogP contribution is 2.68.